The van der Waals surface area contributed by atoms with E-state index in [4.69, 9.17) is 11.6 Å². The second-order valence-corrected chi connectivity index (χ2v) is 5.35. The Labute approximate surface area is 109 Å². The summed E-state index contributed by atoms with van der Waals surface area (Å²) in [5.41, 5.74) is 1.13. The molecule has 1 unspecified atom stereocenters. The summed E-state index contributed by atoms with van der Waals surface area (Å²) < 4.78 is 1.80. The van der Waals surface area contributed by atoms with Gasteiger partial charge >= 0.3 is 0 Å². The first kappa shape index (κ1) is 14.5. The Kier molecular flexibility index (Phi) is 4.62. The Morgan fingerprint density at radius 2 is 2.00 bits per heavy atom. The molecule has 98 valence electrons. The summed E-state index contributed by atoms with van der Waals surface area (Å²) in [4.78, 5) is 0. The summed E-state index contributed by atoms with van der Waals surface area (Å²) in [5, 5.41) is 15.7. The quantitative estimate of drug-likeness (QED) is 0.882. The lowest BCUT2D eigenvalue weighted by Gasteiger charge is -2.31. The Morgan fingerprint density at radius 3 is 2.35 bits per heavy atom. The first-order chi connectivity index (χ1) is 7.85. The van der Waals surface area contributed by atoms with Crippen LogP contribution in [0, 0.1) is 5.92 Å². The van der Waals surface area contributed by atoms with Crippen molar-refractivity contribution in [2.24, 2.45) is 13.0 Å². The van der Waals surface area contributed by atoms with Crippen molar-refractivity contribution in [3.8, 4) is 0 Å². The van der Waals surface area contributed by atoms with Crippen LogP contribution >= 0.6 is 11.6 Å². The van der Waals surface area contributed by atoms with Crippen LogP contribution in [0.15, 0.2) is 0 Å². The molecule has 1 aromatic heterocycles. The number of aliphatic hydroxyl groups is 1. The van der Waals surface area contributed by atoms with E-state index in [1.165, 1.54) is 0 Å². The zero-order valence-corrected chi connectivity index (χ0v) is 12.2. The van der Waals surface area contributed by atoms with Gasteiger partial charge in [-0.2, -0.15) is 5.10 Å². The normalized spacial score (nSPS) is 15.3. The van der Waals surface area contributed by atoms with Gasteiger partial charge in [0.1, 0.15) is 0 Å². The predicted octanol–water partition coefficient (Wildman–Crippen LogP) is 2.98. The van der Waals surface area contributed by atoms with Gasteiger partial charge in [-0.15, -0.1) is 0 Å². The molecule has 0 aliphatic carbocycles. The van der Waals surface area contributed by atoms with Crippen LogP contribution in [0.4, 0.5) is 0 Å². The van der Waals surface area contributed by atoms with Crippen LogP contribution < -0.4 is 0 Å². The van der Waals surface area contributed by atoms with E-state index in [1.54, 1.807) is 4.68 Å². The van der Waals surface area contributed by atoms with Crippen LogP contribution in [-0.2, 0) is 19.9 Å². The fourth-order valence-electron chi connectivity index (χ4n) is 2.04. The lowest BCUT2D eigenvalue weighted by atomic mass is 9.83. The molecule has 4 heteroatoms. The average molecular weight is 259 g/mol. The van der Waals surface area contributed by atoms with Crippen LogP contribution in [0.5, 0.6) is 0 Å². The molecule has 0 aromatic carbocycles. The highest BCUT2D eigenvalue weighted by Gasteiger charge is 2.31. The summed E-state index contributed by atoms with van der Waals surface area (Å²) in [6, 6.07) is 0. The molecule has 0 amide bonds. The van der Waals surface area contributed by atoms with Crippen LogP contribution in [-0.4, -0.2) is 20.5 Å². The maximum absolute atomic E-state index is 10.6. The molecule has 0 radical (unpaired) electrons. The van der Waals surface area contributed by atoms with Crippen molar-refractivity contribution in [3.63, 3.8) is 0 Å². The standard InChI is InChI=1S/C13H23ClN2O/c1-6-10-12(14)11(16(5)15-10)8-13(17,7-2)9(3)4/h9,17H,6-8H2,1-5H3. The Morgan fingerprint density at radius 1 is 1.41 bits per heavy atom. The first-order valence-corrected chi connectivity index (χ1v) is 6.66. The van der Waals surface area contributed by atoms with E-state index < -0.39 is 5.60 Å². The fourth-order valence-corrected chi connectivity index (χ4v) is 2.40. The molecule has 0 saturated carbocycles. The third-order valence-corrected chi connectivity index (χ3v) is 4.10. The number of nitrogens with zero attached hydrogens (tertiary/aromatic N) is 2. The van der Waals surface area contributed by atoms with Crippen LogP contribution in [0.2, 0.25) is 5.02 Å². The lowest BCUT2D eigenvalue weighted by molar-refractivity contribution is -0.00980. The number of hydrogen-bond donors (Lipinski definition) is 1. The van der Waals surface area contributed by atoms with Gasteiger partial charge in [0.05, 0.1) is 22.0 Å². The maximum Gasteiger partial charge on any atom is 0.0850 e. The van der Waals surface area contributed by atoms with Gasteiger partial charge < -0.3 is 5.11 Å². The van der Waals surface area contributed by atoms with Gasteiger partial charge in [0.15, 0.2) is 0 Å². The Bertz CT molecular complexity index is 387. The van der Waals surface area contributed by atoms with Crippen molar-refractivity contribution in [2.75, 3.05) is 0 Å². The predicted molar refractivity (Wildman–Crippen MR) is 71.4 cm³/mol. The second-order valence-electron chi connectivity index (χ2n) is 4.97. The monoisotopic (exact) mass is 258 g/mol. The van der Waals surface area contributed by atoms with Crippen molar-refractivity contribution in [1.29, 1.82) is 0 Å². The highest BCUT2D eigenvalue weighted by molar-refractivity contribution is 6.31. The topological polar surface area (TPSA) is 38.0 Å². The van der Waals surface area contributed by atoms with Crippen LogP contribution in [0.25, 0.3) is 0 Å². The number of aromatic nitrogens is 2. The van der Waals surface area contributed by atoms with E-state index in [0.29, 0.717) is 17.9 Å². The molecule has 17 heavy (non-hydrogen) atoms. The molecule has 0 aliphatic heterocycles. The zero-order valence-electron chi connectivity index (χ0n) is 11.4. The van der Waals surface area contributed by atoms with E-state index in [0.717, 1.165) is 17.8 Å². The molecule has 0 saturated heterocycles. The molecule has 0 fully saturated rings. The second kappa shape index (κ2) is 5.40. The van der Waals surface area contributed by atoms with Crippen molar-refractivity contribution < 1.29 is 5.11 Å². The zero-order chi connectivity index (χ0) is 13.2. The van der Waals surface area contributed by atoms with Gasteiger partial charge in [0.2, 0.25) is 0 Å². The molecule has 0 bridgehead atoms. The number of halogens is 1. The molecular weight excluding hydrogens is 236 g/mol. The van der Waals surface area contributed by atoms with E-state index in [1.807, 2.05) is 34.7 Å². The summed E-state index contributed by atoms with van der Waals surface area (Å²) in [7, 11) is 1.89. The molecule has 3 nitrogen and oxygen atoms in total. The smallest absolute Gasteiger partial charge is 0.0850 e. The van der Waals surface area contributed by atoms with Crippen molar-refractivity contribution >= 4 is 11.6 Å². The largest absolute Gasteiger partial charge is 0.389 e. The molecule has 1 N–H and O–H groups in total. The molecular formula is C13H23ClN2O. The lowest BCUT2D eigenvalue weighted by Crippen LogP contribution is -2.37. The van der Waals surface area contributed by atoms with Gasteiger partial charge in [0.25, 0.3) is 0 Å². The Hall–Kier alpha value is -0.540. The number of aryl methyl sites for hydroxylation is 2. The fraction of sp³-hybridized carbons (Fsp3) is 0.769. The van der Waals surface area contributed by atoms with Gasteiger partial charge in [0, 0.05) is 13.5 Å². The maximum atomic E-state index is 10.6. The van der Waals surface area contributed by atoms with Gasteiger partial charge in [-0.3, -0.25) is 4.68 Å². The Balaban J connectivity index is 3.06. The van der Waals surface area contributed by atoms with E-state index in [2.05, 4.69) is 5.10 Å². The molecule has 1 rings (SSSR count). The highest BCUT2D eigenvalue weighted by atomic mass is 35.5. The van der Waals surface area contributed by atoms with E-state index in [-0.39, 0.29) is 5.92 Å². The van der Waals surface area contributed by atoms with Gasteiger partial charge in [-0.1, -0.05) is 39.3 Å². The highest BCUT2D eigenvalue weighted by Crippen LogP contribution is 2.30. The third-order valence-electron chi connectivity index (χ3n) is 3.66. The molecule has 1 aromatic rings. The van der Waals surface area contributed by atoms with E-state index >= 15 is 0 Å². The summed E-state index contributed by atoms with van der Waals surface area (Å²) >= 11 is 6.30. The van der Waals surface area contributed by atoms with Gasteiger partial charge in [-0.25, -0.2) is 0 Å². The number of rotatable bonds is 5. The SMILES string of the molecule is CCc1nn(C)c(CC(O)(CC)C(C)C)c1Cl. The summed E-state index contributed by atoms with van der Waals surface area (Å²) in [6.07, 6.45) is 2.09. The molecule has 0 spiro atoms. The minimum atomic E-state index is -0.706. The van der Waals surface area contributed by atoms with Crippen LogP contribution in [0.3, 0.4) is 0 Å². The van der Waals surface area contributed by atoms with Crippen molar-refractivity contribution in [2.45, 2.75) is 52.6 Å². The number of hydrogen-bond acceptors (Lipinski definition) is 2. The molecule has 0 aliphatic rings. The molecule has 1 heterocycles. The van der Waals surface area contributed by atoms with Crippen LogP contribution in [0.1, 0.15) is 45.5 Å². The third kappa shape index (κ3) is 2.83. The average Bonchev–Trinajstić information content (AvgIpc) is 2.55. The summed E-state index contributed by atoms with van der Waals surface area (Å²) in [6.45, 7) is 8.11. The van der Waals surface area contributed by atoms with Crippen molar-refractivity contribution in [3.05, 3.63) is 16.4 Å². The van der Waals surface area contributed by atoms with Crippen molar-refractivity contribution in [1.82, 2.24) is 9.78 Å². The minimum absolute atomic E-state index is 0.198. The summed E-state index contributed by atoms with van der Waals surface area (Å²) in [5.74, 6) is 0.198. The minimum Gasteiger partial charge on any atom is -0.389 e. The first-order valence-electron chi connectivity index (χ1n) is 6.28. The molecule has 1 atom stereocenters. The van der Waals surface area contributed by atoms with Gasteiger partial charge in [-0.05, 0) is 18.8 Å². The van der Waals surface area contributed by atoms with E-state index in [9.17, 15) is 5.11 Å².